The van der Waals surface area contributed by atoms with Gasteiger partial charge >= 0.3 is 0 Å². The number of thiophene rings is 1. The van der Waals surface area contributed by atoms with Crippen LogP contribution in [0.5, 0.6) is 0 Å². The lowest BCUT2D eigenvalue weighted by molar-refractivity contribution is 0.333. The van der Waals surface area contributed by atoms with Crippen LogP contribution in [0.15, 0.2) is 16.3 Å². The van der Waals surface area contributed by atoms with Crippen LogP contribution in [0.4, 0.5) is 0 Å². The predicted molar refractivity (Wildman–Crippen MR) is 81.5 cm³/mol. The second kappa shape index (κ2) is 7.59. The van der Waals surface area contributed by atoms with Crippen LogP contribution in [-0.4, -0.2) is 51.4 Å². The van der Waals surface area contributed by atoms with Crippen molar-refractivity contribution in [3.8, 4) is 0 Å². The normalized spacial score (nSPS) is 12.5. The van der Waals surface area contributed by atoms with Gasteiger partial charge in [0.05, 0.1) is 10.8 Å². The van der Waals surface area contributed by atoms with Gasteiger partial charge in [-0.2, -0.15) is 4.31 Å². The largest absolute Gasteiger partial charge is 0.308 e. The third-order valence-corrected chi connectivity index (χ3v) is 6.08. The third-order valence-electron chi connectivity index (χ3n) is 2.67. The first-order valence-electron chi connectivity index (χ1n) is 6.20. The molecule has 1 aromatic heterocycles. The van der Waals surface area contributed by atoms with E-state index in [4.69, 9.17) is 11.6 Å². The van der Waals surface area contributed by atoms with E-state index in [1.807, 2.05) is 25.9 Å². The smallest absolute Gasteiger partial charge is 0.243 e. The van der Waals surface area contributed by atoms with Gasteiger partial charge in [0.25, 0.3) is 0 Å². The van der Waals surface area contributed by atoms with Crippen LogP contribution in [0.25, 0.3) is 0 Å². The van der Waals surface area contributed by atoms with E-state index >= 15 is 0 Å². The zero-order chi connectivity index (χ0) is 14.5. The minimum Gasteiger partial charge on any atom is -0.308 e. The van der Waals surface area contributed by atoms with Gasteiger partial charge in [-0.15, -0.1) is 22.9 Å². The Kier molecular flexibility index (Phi) is 6.76. The molecule has 0 aliphatic carbocycles. The van der Waals surface area contributed by atoms with E-state index in [1.54, 1.807) is 15.8 Å². The molecule has 0 aromatic carbocycles. The topological polar surface area (TPSA) is 40.6 Å². The molecule has 0 radical (unpaired) electrons. The van der Waals surface area contributed by atoms with E-state index < -0.39 is 10.0 Å². The molecule has 0 saturated carbocycles. The van der Waals surface area contributed by atoms with Crippen LogP contribution in [-0.2, 0) is 15.9 Å². The summed E-state index contributed by atoms with van der Waals surface area (Å²) in [5.74, 6) is 0.353. The van der Waals surface area contributed by atoms with Crippen molar-refractivity contribution >= 4 is 33.0 Å². The van der Waals surface area contributed by atoms with Crippen molar-refractivity contribution in [2.24, 2.45) is 0 Å². The molecule has 0 aliphatic heterocycles. The van der Waals surface area contributed by atoms with E-state index in [2.05, 4.69) is 0 Å². The summed E-state index contributed by atoms with van der Waals surface area (Å²) >= 11 is 7.12. The molecule has 0 amide bonds. The standard InChI is InChI=1S/C12H21ClN2O2S2/c1-4-5-15(7-6-14(2)3)19(16,17)12-8-11(9-13)18-10-12/h8,10H,4-7,9H2,1-3H3. The summed E-state index contributed by atoms with van der Waals surface area (Å²) in [6.45, 7) is 3.75. The van der Waals surface area contributed by atoms with Crippen LogP contribution in [0.3, 0.4) is 0 Å². The lowest BCUT2D eigenvalue weighted by Crippen LogP contribution is -2.37. The first-order chi connectivity index (χ1) is 8.91. The molecule has 0 atom stereocenters. The lowest BCUT2D eigenvalue weighted by Gasteiger charge is -2.22. The van der Waals surface area contributed by atoms with Crippen molar-refractivity contribution in [1.29, 1.82) is 0 Å². The molecular weight excluding hydrogens is 304 g/mol. The van der Waals surface area contributed by atoms with Gasteiger partial charge in [-0.05, 0) is 26.6 Å². The highest BCUT2D eigenvalue weighted by molar-refractivity contribution is 7.89. The van der Waals surface area contributed by atoms with Crippen molar-refractivity contribution in [3.63, 3.8) is 0 Å². The van der Waals surface area contributed by atoms with Gasteiger partial charge in [0, 0.05) is 29.9 Å². The average molecular weight is 325 g/mol. The van der Waals surface area contributed by atoms with Crippen LogP contribution < -0.4 is 0 Å². The Morgan fingerprint density at radius 1 is 1.26 bits per heavy atom. The Balaban J connectivity index is 2.91. The molecule has 110 valence electrons. The second-order valence-electron chi connectivity index (χ2n) is 4.59. The SMILES string of the molecule is CCCN(CCN(C)C)S(=O)(=O)c1csc(CCl)c1. The van der Waals surface area contributed by atoms with Crippen molar-refractivity contribution in [3.05, 3.63) is 16.3 Å². The zero-order valence-corrected chi connectivity index (χ0v) is 14.0. The fourth-order valence-electron chi connectivity index (χ4n) is 1.63. The monoisotopic (exact) mass is 324 g/mol. The minimum atomic E-state index is -3.39. The van der Waals surface area contributed by atoms with Gasteiger partial charge in [-0.1, -0.05) is 6.92 Å². The van der Waals surface area contributed by atoms with Crippen molar-refractivity contribution in [1.82, 2.24) is 9.21 Å². The Hall–Kier alpha value is -0.140. The van der Waals surface area contributed by atoms with Gasteiger partial charge in [0.15, 0.2) is 0 Å². The highest BCUT2D eigenvalue weighted by Gasteiger charge is 2.24. The summed E-state index contributed by atoms with van der Waals surface area (Å²) < 4.78 is 26.6. The molecule has 0 fully saturated rings. The summed E-state index contributed by atoms with van der Waals surface area (Å²) in [5.41, 5.74) is 0. The first-order valence-corrected chi connectivity index (χ1v) is 9.05. The lowest BCUT2D eigenvalue weighted by atomic mass is 10.4. The molecule has 4 nitrogen and oxygen atoms in total. The summed E-state index contributed by atoms with van der Waals surface area (Å²) in [7, 11) is 0.485. The van der Waals surface area contributed by atoms with Gasteiger partial charge in [0.1, 0.15) is 0 Å². The van der Waals surface area contributed by atoms with Crippen LogP contribution in [0, 0.1) is 0 Å². The summed E-state index contributed by atoms with van der Waals surface area (Å²) in [4.78, 5) is 3.22. The number of alkyl halides is 1. The van der Waals surface area contributed by atoms with Crippen molar-refractivity contribution in [2.75, 3.05) is 33.7 Å². The maximum absolute atomic E-state index is 12.5. The van der Waals surface area contributed by atoms with E-state index in [9.17, 15) is 8.42 Å². The predicted octanol–water partition coefficient (Wildman–Crippen LogP) is 2.45. The molecule has 1 rings (SSSR count). The minimum absolute atomic E-state index is 0.353. The quantitative estimate of drug-likeness (QED) is 0.690. The molecule has 0 unspecified atom stereocenters. The highest BCUT2D eigenvalue weighted by Crippen LogP contribution is 2.23. The fraction of sp³-hybridized carbons (Fsp3) is 0.667. The van der Waals surface area contributed by atoms with E-state index in [0.717, 1.165) is 11.3 Å². The third kappa shape index (κ3) is 4.72. The fourth-order valence-corrected chi connectivity index (χ4v) is 4.53. The van der Waals surface area contributed by atoms with Crippen LogP contribution in [0.1, 0.15) is 18.2 Å². The molecule has 1 aromatic rings. The van der Waals surface area contributed by atoms with Gasteiger partial charge < -0.3 is 4.90 Å². The van der Waals surface area contributed by atoms with E-state index in [1.165, 1.54) is 11.3 Å². The number of hydrogen-bond acceptors (Lipinski definition) is 4. The number of nitrogens with zero attached hydrogens (tertiary/aromatic N) is 2. The molecule has 0 spiro atoms. The molecule has 0 aliphatic rings. The van der Waals surface area contributed by atoms with E-state index in [-0.39, 0.29) is 0 Å². The van der Waals surface area contributed by atoms with Gasteiger partial charge in [0.2, 0.25) is 10.0 Å². The average Bonchev–Trinajstić information content (AvgIpc) is 2.83. The number of rotatable bonds is 8. The second-order valence-corrected chi connectivity index (χ2v) is 7.79. The van der Waals surface area contributed by atoms with E-state index in [0.29, 0.717) is 30.4 Å². The van der Waals surface area contributed by atoms with Crippen molar-refractivity contribution < 1.29 is 8.42 Å². The number of hydrogen-bond donors (Lipinski definition) is 0. The number of halogens is 1. The summed E-state index contributed by atoms with van der Waals surface area (Å²) in [6, 6.07) is 1.67. The molecular formula is C12H21ClN2O2S2. The molecule has 1 heterocycles. The maximum atomic E-state index is 12.5. The Labute approximate surface area is 125 Å². The Morgan fingerprint density at radius 2 is 1.95 bits per heavy atom. The van der Waals surface area contributed by atoms with Gasteiger partial charge in [-0.3, -0.25) is 0 Å². The van der Waals surface area contributed by atoms with Crippen molar-refractivity contribution in [2.45, 2.75) is 24.1 Å². The maximum Gasteiger partial charge on any atom is 0.243 e. The molecule has 7 heteroatoms. The first kappa shape index (κ1) is 16.9. The number of likely N-dealkylation sites (N-methyl/N-ethyl adjacent to an activating group) is 1. The number of sulfonamides is 1. The summed E-state index contributed by atoms with van der Waals surface area (Å²) in [6.07, 6.45) is 0.805. The molecule has 0 saturated heterocycles. The molecule has 0 N–H and O–H groups in total. The van der Waals surface area contributed by atoms with Gasteiger partial charge in [-0.25, -0.2) is 8.42 Å². The van der Waals surface area contributed by atoms with Crippen LogP contribution in [0.2, 0.25) is 0 Å². The summed E-state index contributed by atoms with van der Waals surface area (Å²) in [5, 5.41) is 1.67. The van der Waals surface area contributed by atoms with Crippen LogP contribution >= 0.6 is 22.9 Å². The zero-order valence-electron chi connectivity index (χ0n) is 11.6. The Morgan fingerprint density at radius 3 is 2.42 bits per heavy atom. The molecule has 19 heavy (non-hydrogen) atoms. The highest BCUT2D eigenvalue weighted by atomic mass is 35.5. The Bertz CT molecular complexity index is 486. The molecule has 0 bridgehead atoms.